The molecule has 20 heavy (non-hydrogen) atoms. The number of furan rings is 1. The zero-order valence-electron chi connectivity index (χ0n) is 11.2. The molecule has 6 heteroatoms. The van der Waals surface area contributed by atoms with Crippen LogP contribution in [0.25, 0.3) is 0 Å². The van der Waals surface area contributed by atoms with Gasteiger partial charge in [-0.25, -0.2) is 4.79 Å². The minimum Gasteiger partial charge on any atom is -0.497 e. The molecule has 0 saturated carbocycles. The summed E-state index contributed by atoms with van der Waals surface area (Å²) in [5, 5.41) is 11.9. The Bertz CT molecular complexity index is 605. The number of anilines is 1. The molecule has 0 amide bonds. The van der Waals surface area contributed by atoms with E-state index in [0.29, 0.717) is 23.8 Å². The molecule has 0 unspecified atom stereocenters. The monoisotopic (exact) mass is 277 g/mol. The summed E-state index contributed by atoms with van der Waals surface area (Å²) in [6.45, 7) is 0.344. The Labute approximate surface area is 115 Å². The van der Waals surface area contributed by atoms with Crippen LogP contribution in [0.3, 0.4) is 0 Å². The van der Waals surface area contributed by atoms with Gasteiger partial charge in [0.05, 0.1) is 26.5 Å². The van der Waals surface area contributed by atoms with Gasteiger partial charge in [0.25, 0.3) is 0 Å². The maximum atomic E-state index is 10.7. The number of hydrogen-bond donors (Lipinski definition) is 2. The number of carboxylic acid groups (broad SMARTS) is 1. The average Bonchev–Trinajstić information content (AvgIpc) is 2.93. The molecule has 0 saturated heterocycles. The van der Waals surface area contributed by atoms with Crippen LogP contribution in [0.2, 0.25) is 0 Å². The van der Waals surface area contributed by atoms with Crippen molar-refractivity contribution < 1.29 is 23.8 Å². The Morgan fingerprint density at radius 3 is 2.65 bits per heavy atom. The first-order chi connectivity index (χ1) is 9.63. The Morgan fingerprint density at radius 1 is 1.25 bits per heavy atom. The van der Waals surface area contributed by atoms with Crippen LogP contribution >= 0.6 is 0 Å². The second kappa shape index (κ2) is 6.01. The molecule has 0 aliphatic heterocycles. The predicted molar refractivity (Wildman–Crippen MR) is 72.5 cm³/mol. The van der Waals surface area contributed by atoms with E-state index in [4.69, 9.17) is 19.0 Å². The molecule has 0 radical (unpaired) electrons. The van der Waals surface area contributed by atoms with E-state index in [1.165, 1.54) is 6.07 Å². The number of carbonyl (C=O) groups is 1. The summed E-state index contributed by atoms with van der Waals surface area (Å²) < 4.78 is 15.5. The Balaban J connectivity index is 2.10. The van der Waals surface area contributed by atoms with E-state index in [2.05, 4.69) is 5.32 Å². The molecule has 2 aromatic rings. The molecule has 0 atom stereocenters. The van der Waals surface area contributed by atoms with Crippen LogP contribution in [0.1, 0.15) is 16.3 Å². The fraction of sp³-hybridized carbons (Fsp3) is 0.214. The first kappa shape index (κ1) is 13.8. The van der Waals surface area contributed by atoms with Gasteiger partial charge in [-0.2, -0.15) is 0 Å². The quantitative estimate of drug-likeness (QED) is 0.844. The van der Waals surface area contributed by atoms with E-state index >= 15 is 0 Å². The third-order valence-corrected chi connectivity index (χ3v) is 2.73. The predicted octanol–water partition coefficient (Wildman–Crippen LogP) is 2.61. The highest BCUT2D eigenvalue weighted by atomic mass is 16.5. The number of methoxy groups -OCH3 is 2. The molecule has 0 bridgehead atoms. The largest absolute Gasteiger partial charge is 0.497 e. The second-order valence-electron chi connectivity index (χ2n) is 3.99. The minimum absolute atomic E-state index is 0.0839. The van der Waals surface area contributed by atoms with Crippen LogP contribution in [0.15, 0.2) is 34.7 Å². The van der Waals surface area contributed by atoms with Gasteiger partial charge < -0.3 is 24.3 Å². The molecule has 0 aliphatic carbocycles. The zero-order chi connectivity index (χ0) is 14.5. The minimum atomic E-state index is -1.09. The third kappa shape index (κ3) is 3.03. The fourth-order valence-corrected chi connectivity index (χ4v) is 1.72. The van der Waals surface area contributed by atoms with Gasteiger partial charge in [-0.3, -0.25) is 0 Å². The van der Waals surface area contributed by atoms with Crippen molar-refractivity contribution >= 4 is 11.7 Å². The summed E-state index contributed by atoms with van der Waals surface area (Å²) in [5.41, 5.74) is 0.736. The summed E-state index contributed by atoms with van der Waals surface area (Å²) in [6.07, 6.45) is 0. The van der Waals surface area contributed by atoms with Crippen molar-refractivity contribution in [1.82, 2.24) is 0 Å². The SMILES string of the molecule is COc1ccc(OC)c(NCc2ccc(C(=O)O)o2)c1. The van der Waals surface area contributed by atoms with Crippen LogP contribution in [0, 0.1) is 0 Å². The average molecular weight is 277 g/mol. The molecule has 0 aliphatic rings. The lowest BCUT2D eigenvalue weighted by molar-refractivity contribution is 0.0660. The summed E-state index contributed by atoms with van der Waals surface area (Å²) in [5.74, 6) is 0.705. The molecule has 106 valence electrons. The van der Waals surface area contributed by atoms with Crippen molar-refractivity contribution in [3.05, 3.63) is 41.9 Å². The summed E-state index contributed by atoms with van der Waals surface area (Å²) in [6, 6.07) is 8.40. The number of aromatic carboxylic acids is 1. The maximum absolute atomic E-state index is 10.7. The number of hydrogen-bond acceptors (Lipinski definition) is 5. The van der Waals surface area contributed by atoms with E-state index in [-0.39, 0.29) is 5.76 Å². The van der Waals surface area contributed by atoms with Gasteiger partial charge in [-0.05, 0) is 24.3 Å². The van der Waals surface area contributed by atoms with Crippen molar-refractivity contribution in [2.24, 2.45) is 0 Å². The molecule has 0 spiro atoms. The van der Waals surface area contributed by atoms with Crippen LogP contribution in [-0.4, -0.2) is 25.3 Å². The van der Waals surface area contributed by atoms with Crippen molar-refractivity contribution in [2.45, 2.75) is 6.54 Å². The number of benzene rings is 1. The van der Waals surface area contributed by atoms with Gasteiger partial charge in [0, 0.05) is 6.07 Å². The van der Waals surface area contributed by atoms with Gasteiger partial charge >= 0.3 is 5.97 Å². The van der Waals surface area contributed by atoms with Crippen LogP contribution in [0.4, 0.5) is 5.69 Å². The third-order valence-electron chi connectivity index (χ3n) is 2.73. The number of nitrogens with one attached hydrogen (secondary N) is 1. The first-order valence-electron chi connectivity index (χ1n) is 5.92. The highest BCUT2D eigenvalue weighted by Gasteiger charge is 2.10. The van der Waals surface area contributed by atoms with E-state index < -0.39 is 5.97 Å². The fourth-order valence-electron chi connectivity index (χ4n) is 1.72. The smallest absolute Gasteiger partial charge is 0.371 e. The van der Waals surface area contributed by atoms with Gasteiger partial charge in [0.1, 0.15) is 17.3 Å². The van der Waals surface area contributed by atoms with Crippen molar-refractivity contribution in [2.75, 3.05) is 19.5 Å². The van der Waals surface area contributed by atoms with Gasteiger partial charge in [-0.15, -0.1) is 0 Å². The summed E-state index contributed by atoms with van der Waals surface area (Å²) in [7, 11) is 3.15. The highest BCUT2D eigenvalue weighted by molar-refractivity contribution is 5.84. The van der Waals surface area contributed by atoms with E-state index in [1.54, 1.807) is 38.5 Å². The lowest BCUT2D eigenvalue weighted by Crippen LogP contribution is -2.01. The number of ether oxygens (including phenoxy) is 2. The number of carboxylic acids is 1. The molecule has 1 aromatic carbocycles. The topological polar surface area (TPSA) is 80.9 Å². The van der Waals surface area contributed by atoms with Gasteiger partial charge in [0.2, 0.25) is 5.76 Å². The molecular formula is C14H15NO5. The molecule has 2 N–H and O–H groups in total. The standard InChI is InChI=1S/C14H15NO5/c1-18-9-3-5-12(19-2)11(7-9)15-8-10-4-6-13(20-10)14(16)17/h3-7,15H,8H2,1-2H3,(H,16,17). The molecule has 1 aromatic heterocycles. The van der Waals surface area contributed by atoms with E-state index in [9.17, 15) is 4.79 Å². The maximum Gasteiger partial charge on any atom is 0.371 e. The molecular weight excluding hydrogens is 262 g/mol. The van der Waals surface area contributed by atoms with Crippen LogP contribution in [0.5, 0.6) is 11.5 Å². The number of rotatable bonds is 6. The molecule has 2 rings (SSSR count). The second-order valence-corrected chi connectivity index (χ2v) is 3.99. The molecule has 6 nitrogen and oxygen atoms in total. The molecule has 1 heterocycles. The lowest BCUT2D eigenvalue weighted by Gasteiger charge is -2.11. The van der Waals surface area contributed by atoms with E-state index in [1.807, 2.05) is 0 Å². The normalized spacial score (nSPS) is 10.1. The van der Waals surface area contributed by atoms with Crippen LogP contribution in [-0.2, 0) is 6.54 Å². The van der Waals surface area contributed by atoms with Crippen LogP contribution < -0.4 is 14.8 Å². The Morgan fingerprint density at radius 2 is 2.05 bits per heavy atom. The lowest BCUT2D eigenvalue weighted by atomic mass is 10.2. The Hall–Kier alpha value is -2.63. The van der Waals surface area contributed by atoms with E-state index in [0.717, 1.165) is 5.69 Å². The first-order valence-corrected chi connectivity index (χ1v) is 5.92. The highest BCUT2D eigenvalue weighted by Crippen LogP contribution is 2.29. The van der Waals surface area contributed by atoms with Crippen molar-refractivity contribution in [3.63, 3.8) is 0 Å². The molecule has 0 fully saturated rings. The van der Waals surface area contributed by atoms with Crippen molar-refractivity contribution in [1.29, 1.82) is 0 Å². The zero-order valence-corrected chi connectivity index (χ0v) is 11.2. The van der Waals surface area contributed by atoms with Crippen molar-refractivity contribution in [3.8, 4) is 11.5 Å². The van der Waals surface area contributed by atoms with Gasteiger partial charge in [-0.1, -0.05) is 0 Å². The Kier molecular flexibility index (Phi) is 4.14. The summed E-state index contributed by atoms with van der Waals surface area (Å²) >= 11 is 0. The summed E-state index contributed by atoms with van der Waals surface area (Å²) in [4.78, 5) is 10.7. The van der Waals surface area contributed by atoms with Gasteiger partial charge in [0.15, 0.2) is 0 Å².